The molecule has 0 amide bonds. The standard InChI is InChI=1S/C25H33N3O2/c1-24(2)11-8-12-27(3)25(24)17-26-23-20-15-18(29-4)9-10-19(20)21(16-22(23)30-25)28-13-6-5-7-14-28/h9-10,15-17H,5-8,11-14H2,1-4H3. The monoisotopic (exact) mass is 407 g/mol. The number of ether oxygens (including phenoxy) is 2. The van der Waals surface area contributed by atoms with Crippen molar-refractivity contribution in [1.82, 2.24) is 4.90 Å². The largest absolute Gasteiger partial charge is 0.497 e. The minimum Gasteiger partial charge on any atom is -0.497 e. The van der Waals surface area contributed by atoms with E-state index in [1.54, 1.807) is 7.11 Å². The van der Waals surface area contributed by atoms with Gasteiger partial charge in [-0.05, 0) is 57.4 Å². The van der Waals surface area contributed by atoms with Gasteiger partial charge in [0.25, 0.3) is 0 Å². The SMILES string of the molecule is COc1ccc2c(N3CCCCC3)cc3c(c2c1)N=CC1(O3)N(C)CCCC1(C)C. The minimum atomic E-state index is -0.510. The second kappa shape index (κ2) is 7.16. The van der Waals surface area contributed by atoms with Crippen molar-refractivity contribution in [3.8, 4) is 11.5 Å². The van der Waals surface area contributed by atoms with Crippen LogP contribution in [-0.2, 0) is 0 Å². The molecule has 2 aromatic carbocycles. The van der Waals surface area contributed by atoms with Crippen LogP contribution in [0.2, 0.25) is 0 Å². The van der Waals surface area contributed by atoms with Gasteiger partial charge < -0.3 is 14.4 Å². The molecule has 0 N–H and O–H groups in total. The topological polar surface area (TPSA) is 37.3 Å². The van der Waals surface area contributed by atoms with Crippen LogP contribution in [0.1, 0.15) is 46.0 Å². The molecule has 160 valence electrons. The Kier molecular flexibility index (Phi) is 4.69. The van der Waals surface area contributed by atoms with E-state index in [-0.39, 0.29) is 5.41 Å². The maximum absolute atomic E-state index is 6.91. The van der Waals surface area contributed by atoms with E-state index in [9.17, 15) is 0 Å². The highest BCUT2D eigenvalue weighted by atomic mass is 16.5. The van der Waals surface area contributed by atoms with Crippen molar-refractivity contribution >= 4 is 28.4 Å². The van der Waals surface area contributed by atoms with E-state index in [1.165, 1.54) is 36.8 Å². The summed E-state index contributed by atoms with van der Waals surface area (Å²) < 4.78 is 12.5. The first-order valence-electron chi connectivity index (χ1n) is 11.3. The van der Waals surface area contributed by atoms with E-state index in [0.29, 0.717) is 0 Å². The second-order valence-corrected chi connectivity index (χ2v) is 9.67. The van der Waals surface area contributed by atoms with E-state index in [0.717, 1.165) is 48.6 Å². The van der Waals surface area contributed by atoms with Crippen LogP contribution in [0.3, 0.4) is 0 Å². The first-order valence-corrected chi connectivity index (χ1v) is 11.3. The van der Waals surface area contributed by atoms with Crippen LogP contribution in [-0.4, -0.2) is 50.6 Å². The van der Waals surface area contributed by atoms with E-state index < -0.39 is 5.72 Å². The quantitative estimate of drug-likeness (QED) is 0.670. The Hall–Kier alpha value is -2.27. The Balaban J connectivity index is 1.70. The van der Waals surface area contributed by atoms with Gasteiger partial charge in [-0.1, -0.05) is 13.8 Å². The highest BCUT2D eigenvalue weighted by molar-refractivity contribution is 6.06. The lowest BCUT2D eigenvalue weighted by molar-refractivity contribution is -0.122. The van der Waals surface area contributed by atoms with Crippen molar-refractivity contribution in [1.29, 1.82) is 0 Å². The summed E-state index contributed by atoms with van der Waals surface area (Å²) in [6.45, 7) is 7.81. The van der Waals surface area contributed by atoms with Crippen LogP contribution in [0.5, 0.6) is 11.5 Å². The van der Waals surface area contributed by atoms with Crippen molar-refractivity contribution in [2.24, 2.45) is 10.4 Å². The number of fused-ring (bicyclic) bond motifs is 3. The summed E-state index contributed by atoms with van der Waals surface area (Å²) in [4.78, 5) is 9.89. The molecule has 5 rings (SSSR count). The Morgan fingerprint density at radius 2 is 1.80 bits per heavy atom. The average Bonchev–Trinajstić information content (AvgIpc) is 2.77. The lowest BCUT2D eigenvalue weighted by Gasteiger charge is -2.53. The second-order valence-electron chi connectivity index (χ2n) is 9.67. The number of benzene rings is 2. The lowest BCUT2D eigenvalue weighted by atomic mass is 9.73. The molecular weight excluding hydrogens is 374 g/mol. The fraction of sp³-hybridized carbons (Fsp3) is 0.560. The summed E-state index contributed by atoms with van der Waals surface area (Å²) in [6.07, 6.45) is 8.16. The van der Waals surface area contributed by atoms with Crippen molar-refractivity contribution in [2.75, 3.05) is 38.7 Å². The first kappa shape index (κ1) is 19.7. The average molecular weight is 408 g/mol. The summed E-state index contributed by atoms with van der Waals surface area (Å²) in [6, 6.07) is 8.58. The molecule has 3 heterocycles. The highest BCUT2D eigenvalue weighted by Crippen LogP contribution is 2.51. The van der Waals surface area contributed by atoms with Crippen molar-refractivity contribution in [3.63, 3.8) is 0 Å². The van der Waals surface area contributed by atoms with Crippen LogP contribution in [0, 0.1) is 5.41 Å². The molecule has 2 saturated heterocycles. The summed E-state index contributed by atoms with van der Waals surface area (Å²) in [5.41, 5.74) is 1.65. The molecule has 0 radical (unpaired) electrons. The molecule has 3 aliphatic heterocycles. The number of anilines is 1. The molecule has 3 aliphatic rings. The van der Waals surface area contributed by atoms with Gasteiger partial charge in [-0.15, -0.1) is 0 Å². The number of rotatable bonds is 2. The molecule has 1 unspecified atom stereocenters. The van der Waals surface area contributed by atoms with E-state index >= 15 is 0 Å². The lowest BCUT2D eigenvalue weighted by Crippen LogP contribution is -2.65. The maximum atomic E-state index is 6.91. The predicted molar refractivity (Wildman–Crippen MR) is 124 cm³/mol. The Morgan fingerprint density at radius 3 is 2.53 bits per heavy atom. The summed E-state index contributed by atoms with van der Waals surface area (Å²) in [5.74, 6) is 1.74. The highest BCUT2D eigenvalue weighted by Gasteiger charge is 2.53. The predicted octanol–water partition coefficient (Wildman–Crippen LogP) is 5.38. The van der Waals surface area contributed by atoms with Gasteiger partial charge in [-0.3, -0.25) is 9.89 Å². The molecule has 1 spiro atoms. The van der Waals surface area contributed by atoms with Crippen LogP contribution in [0.25, 0.3) is 10.8 Å². The molecular formula is C25H33N3O2. The fourth-order valence-corrected chi connectivity index (χ4v) is 5.54. The zero-order valence-electron chi connectivity index (χ0n) is 18.7. The molecule has 30 heavy (non-hydrogen) atoms. The zero-order valence-corrected chi connectivity index (χ0v) is 18.7. The smallest absolute Gasteiger partial charge is 0.204 e. The molecule has 2 aromatic rings. The van der Waals surface area contributed by atoms with Gasteiger partial charge in [0, 0.05) is 47.6 Å². The summed E-state index contributed by atoms with van der Waals surface area (Å²) >= 11 is 0. The number of piperidine rings is 2. The summed E-state index contributed by atoms with van der Waals surface area (Å²) in [7, 11) is 3.88. The van der Waals surface area contributed by atoms with Gasteiger partial charge >= 0.3 is 0 Å². The third kappa shape index (κ3) is 2.89. The number of nitrogens with zero attached hydrogens (tertiary/aromatic N) is 3. The Labute approximate surface area is 179 Å². The minimum absolute atomic E-state index is 0.0180. The van der Waals surface area contributed by atoms with Gasteiger partial charge in [0.2, 0.25) is 5.72 Å². The Bertz CT molecular complexity index is 994. The van der Waals surface area contributed by atoms with Gasteiger partial charge in [0.15, 0.2) is 5.75 Å². The molecule has 0 saturated carbocycles. The third-order valence-electron chi connectivity index (χ3n) is 7.42. The number of aliphatic imine (C=N–C) groups is 1. The molecule has 5 nitrogen and oxygen atoms in total. The van der Waals surface area contributed by atoms with Crippen molar-refractivity contribution in [2.45, 2.75) is 51.7 Å². The third-order valence-corrected chi connectivity index (χ3v) is 7.42. The summed E-state index contributed by atoms with van der Waals surface area (Å²) in [5, 5.41) is 2.33. The number of hydrogen-bond acceptors (Lipinski definition) is 5. The van der Waals surface area contributed by atoms with Gasteiger partial charge in [-0.2, -0.15) is 0 Å². The molecule has 0 aliphatic carbocycles. The van der Waals surface area contributed by atoms with E-state index in [4.69, 9.17) is 14.5 Å². The number of likely N-dealkylation sites (tertiary alicyclic amines) is 1. The molecule has 1 atom stereocenters. The molecule has 0 bridgehead atoms. The van der Waals surface area contributed by atoms with E-state index in [1.807, 2.05) is 6.21 Å². The van der Waals surface area contributed by atoms with Gasteiger partial charge in [0.1, 0.15) is 11.4 Å². The van der Waals surface area contributed by atoms with E-state index in [2.05, 4.69) is 55.0 Å². The fourth-order valence-electron chi connectivity index (χ4n) is 5.54. The van der Waals surface area contributed by atoms with Crippen LogP contribution in [0.4, 0.5) is 11.4 Å². The number of hydrogen-bond donors (Lipinski definition) is 0. The Morgan fingerprint density at radius 1 is 1.00 bits per heavy atom. The number of methoxy groups -OCH3 is 1. The van der Waals surface area contributed by atoms with Gasteiger partial charge in [0.05, 0.1) is 13.3 Å². The maximum Gasteiger partial charge on any atom is 0.204 e. The van der Waals surface area contributed by atoms with Crippen LogP contribution < -0.4 is 14.4 Å². The molecule has 2 fully saturated rings. The van der Waals surface area contributed by atoms with Crippen LogP contribution >= 0.6 is 0 Å². The zero-order chi connectivity index (χ0) is 20.9. The van der Waals surface area contributed by atoms with Gasteiger partial charge in [-0.25, -0.2) is 0 Å². The van der Waals surface area contributed by atoms with Crippen molar-refractivity contribution < 1.29 is 9.47 Å². The molecule has 5 heteroatoms. The normalized spacial score (nSPS) is 25.9. The molecule has 0 aromatic heterocycles. The van der Waals surface area contributed by atoms with Crippen LogP contribution in [0.15, 0.2) is 29.3 Å². The first-order chi connectivity index (χ1) is 14.4. The van der Waals surface area contributed by atoms with Crippen molar-refractivity contribution in [3.05, 3.63) is 24.3 Å².